The van der Waals surface area contributed by atoms with Crippen LogP contribution >= 0.6 is 0 Å². The Labute approximate surface area is 155 Å². The third-order valence-corrected chi connectivity index (χ3v) is 4.66. The van der Waals surface area contributed by atoms with E-state index in [4.69, 9.17) is 4.84 Å². The molecule has 0 saturated carbocycles. The van der Waals surface area contributed by atoms with E-state index in [9.17, 15) is 19.2 Å². The summed E-state index contributed by atoms with van der Waals surface area (Å²) in [7, 11) is 0. The van der Waals surface area contributed by atoms with Gasteiger partial charge in [-0.2, -0.15) is 0 Å². The topological polar surface area (TPSA) is 84.0 Å². The number of carbonyl (C=O) groups is 4. The van der Waals surface area contributed by atoms with Gasteiger partial charge in [-0.3, -0.25) is 14.4 Å². The molecule has 4 rings (SSSR count). The summed E-state index contributed by atoms with van der Waals surface area (Å²) >= 11 is 0. The minimum absolute atomic E-state index is 0.00642. The van der Waals surface area contributed by atoms with Gasteiger partial charge in [-0.05, 0) is 30.2 Å². The Morgan fingerprint density at radius 1 is 0.852 bits per heavy atom. The van der Waals surface area contributed by atoms with Crippen LogP contribution in [0.2, 0.25) is 0 Å². The molecule has 3 amide bonds. The van der Waals surface area contributed by atoms with Crippen molar-refractivity contribution in [2.24, 2.45) is 0 Å². The van der Waals surface area contributed by atoms with Gasteiger partial charge < -0.3 is 9.74 Å². The summed E-state index contributed by atoms with van der Waals surface area (Å²) < 4.78 is 0. The molecular formula is C20H16N2O5. The molecule has 2 heterocycles. The summed E-state index contributed by atoms with van der Waals surface area (Å²) in [6, 6.07) is 13.7. The van der Waals surface area contributed by atoms with Crippen molar-refractivity contribution >= 4 is 23.7 Å². The van der Waals surface area contributed by atoms with E-state index in [1.807, 2.05) is 18.2 Å². The van der Waals surface area contributed by atoms with Crippen molar-refractivity contribution in [3.8, 4) is 0 Å². The van der Waals surface area contributed by atoms with Gasteiger partial charge >= 0.3 is 5.97 Å². The van der Waals surface area contributed by atoms with Gasteiger partial charge in [-0.1, -0.05) is 35.4 Å². The number of fused-ring (bicyclic) bond motifs is 2. The predicted octanol–water partition coefficient (Wildman–Crippen LogP) is 2.18. The van der Waals surface area contributed by atoms with Crippen molar-refractivity contribution in [2.45, 2.75) is 19.4 Å². The van der Waals surface area contributed by atoms with E-state index in [2.05, 4.69) is 0 Å². The average molecular weight is 364 g/mol. The Hall–Kier alpha value is -3.48. The Morgan fingerprint density at radius 3 is 2.07 bits per heavy atom. The van der Waals surface area contributed by atoms with Gasteiger partial charge in [0.05, 0.1) is 11.1 Å². The lowest BCUT2D eigenvalue weighted by Gasteiger charge is -2.16. The maximum absolute atomic E-state index is 12.3. The van der Waals surface area contributed by atoms with Crippen LogP contribution < -0.4 is 0 Å². The summed E-state index contributed by atoms with van der Waals surface area (Å²) in [6.45, 7) is 0.910. The number of carbonyl (C=O) groups excluding carboxylic acids is 4. The second-order valence-electron chi connectivity index (χ2n) is 6.40. The first-order valence-electron chi connectivity index (χ1n) is 8.62. The van der Waals surface area contributed by atoms with Gasteiger partial charge in [0.2, 0.25) is 0 Å². The van der Waals surface area contributed by atoms with Crippen molar-refractivity contribution in [1.29, 1.82) is 0 Å². The Morgan fingerprint density at radius 2 is 1.44 bits per heavy atom. The molecule has 2 aromatic rings. The zero-order valence-electron chi connectivity index (χ0n) is 14.4. The van der Waals surface area contributed by atoms with Gasteiger partial charge in [0, 0.05) is 25.1 Å². The molecule has 0 spiro atoms. The molecule has 0 unspecified atom stereocenters. The molecule has 2 aromatic carbocycles. The highest BCUT2D eigenvalue weighted by Gasteiger charge is 2.38. The summed E-state index contributed by atoms with van der Waals surface area (Å²) in [5, 5.41) is 0.504. The number of imide groups is 1. The fourth-order valence-corrected chi connectivity index (χ4v) is 3.31. The lowest BCUT2D eigenvalue weighted by atomic mass is 10.1. The molecule has 0 atom stereocenters. The molecule has 2 aliphatic heterocycles. The minimum atomic E-state index is -0.686. The second-order valence-corrected chi connectivity index (χ2v) is 6.40. The normalized spacial score (nSPS) is 15.2. The summed E-state index contributed by atoms with van der Waals surface area (Å²) in [5.74, 6) is -2.03. The Bertz CT molecular complexity index is 933. The molecule has 7 nitrogen and oxygen atoms in total. The van der Waals surface area contributed by atoms with Gasteiger partial charge in [-0.25, -0.2) is 4.79 Å². The van der Waals surface area contributed by atoms with E-state index >= 15 is 0 Å². The molecule has 0 fully saturated rings. The van der Waals surface area contributed by atoms with E-state index in [1.54, 1.807) is 23.1 Å². The van der Waals surface area contributed by atoms with Crippen LogP contribution in [0, 0.1) is 0 Å². The van der Waals surface area contributed by atoms with E-state index in [0.717, 1.165) is 5.56 Å². The van der Waals surface area contributed by atoms with Crippen LogP contribution in [-0.2, 0) is 16.2 Å². The van der Waals surface area contributed by atoms with E-state index in [1.165, 1.54) is 12.1 Å². The fraction of sp³-hybridized carbons (Fsp3) is 0.200. The van der Waals surface area contributed by atoms with Crippen molar-refractivity contribution < 1.29 is 24.0 Å². The van der Waals surface area contributed by atoms with Crippen LogP contribution in [0.15, 0.2) is 48.5 Å². The molecule has 27 heavy (non-hydrogen) atoms. The first-order chi connectivity index (χ1) is 13.1. The van der Waals surface area contributed by atoms with Gasteiger partial charge in [0.1, 0.15) is 0 Å². The van der Waals surface area contributed by atoms with E-state index < -0.39 is 17.8 Å². The van der Waals surface area contributed by atoms with Gasteiger partial charge in [0.25, 0.3) is 17.7 Å². The van der Waals surface area contributed by atoms with E-state index in [0.29, 0.717) is 30.1 Å². The van der Waals surface area contributed by atoms with Crippen LogP contribution in [0.25, 0.3) is 0 Å². The first-order valence-corrected chi connectivity index (χ1v) is 8.62. The third kappa shape index (κ3) is 2.97. The average Bonchev–Trinajstić information content (AvgIpc) is 3.12. The third-order valence-electron chi connectivity index (χ3n) is 4.66. The Balaban J connectivity index is 1.30. The highest BCUT2D eigenvalue weighted by molar-refractivity contribution is 6.20. The number of nitrogens with zero attached hydrogens (tertiary/aromatic N) is 2. The summed E-state index contributed by atoms with van der Waals surface area (Å²) in [6.07, 6.45) is 0.370. The van der Waals surface area contributed by atoms with Crippen molar-refractivity contribution in [2.75, 3.05) is 6.54 Å². The predicted molar refractivity (Wildman–Crippen MR) is 93.5 cm³/mol. The number of benzene rings is 2. The molecule has 136 valence electrons. The SMILES string of the molecule is O=C(CCCN1Cc2ccccc2C1=O)ON1C(=O)c2ccccc2C1=O. The minimum Gasteiger partial charge on any atom is -0.334 e. The summed E-state index contributed by atoms with van der Waals surface area (Å²) in [5.41, 5.74) is 2.09. The highest BCUT2D eigenvalue weighted by Crippen LogP contribution is 2.24. The van der Waals surface area contributed by atoms with E-state index in [-0.39, 0.29) is 23.5 Å². The maximum Gasteiger partial charge on any atom is 0.333 e. The van der Waals surface area contributed by atoms with Gasteiger partial charge in [0.15, 0.2) is 0 Å². The number of hydrogen-bond donors (Lipinski definition) is 0. The van der Waals surface area contributed by atoms with Crippen molar-refractivity contribution in [3.63, 3.8) is 0 Å². The standard InChI is InChI=1S/C20H16N2O5/c23-17(27-22-19(25)15-8-3-4-9-16(15)20(22)26)10-5-11-21-12-13-6-1-2-7-14(13)18(21)24/h1-4,6-9H,5,10-12H2. The maximum atomic E-state index is 12.3. The van der Waals surface area contributed by atoms with Crippen LogP contribution in [-0.4, -0.2) is 40.2 Å². The quantitative estimate of drug-likeness (QED) is 0.760. The molecule has 0 N–H and O–H groups in total. The Kier molecular flexibility index (Phi) is 4.19. The molecular weight excluding hydrogens is 348 g/mol. The number of hydroxylamine groups is 2. The first kappa shape index (κ1) is 17.0. The van der Waals surface area contributed by atoms with Crippen LogP contribution in [0.3, 0.4) is 0 Å². The molecule has 0 saturated heterocycles. The number of rotatable bonds is 5. The molecule has 0 aliphatic carbocycles. The van der Waals surface area contributed by atoms with Gasteiger partial charge in [-0.15, -0.1) is 0 Å². The highest BCUT2D eigenvalue weighted by atomic mass is 16.7. The largest absolute Gasteiger partial charge is 0.334 e. The monoisotopic (exact) mass is 364 g/mol. The molecule has 0 radical (unpaired) electrons. The number of hydrogen-bond acceptors (Lipinski definition) is 5. The molecule has 7 heteroatoms. The summed E-state index contributed by atoms with van der Waals surface area (Å²) in [4.78, 5) is 55.3. The molecule has 0 aromatic heterocycles. The number of amides is 3. The molecule has 2 aliphatic rings. The zero-order valence-corrected chi connectivity index (χ0v) is 14.4. The lowest BCUT2D eigenvalue weighted by molar-refractivity contribution is -0.168. The smallest absolute Gasteiger partial charge is 0.333 e. The zero-order chi connectivity index (χ0) is 19.0. The second kappa shape index (κ2) is 6.68. The van der Waals surface area contributed by atoms with Crippen LogP contribution in [0.5, 0.6) is 0 Å². The van der Waals surface area contributed by atoms with Crippen molar-refractivity contribution in [3.05, 3.63) is 70.8 Å². The molecule has 0 bridgehead atoms. The van der Waals surface area contributed by atoms with Crippen molar-refractivity contribution in [1.82, 2.24) is 9.96 Å². The van der Waals surface area contributed by atoms with Crippen LogP contribution in [0.1, 0.15) is 49.5 Å². The van der Waals surface area contributed by atoms with Crippen LogP contribution in [0.4, 0.5) is 0 Å². The fourth-order valence-electron chi connectivity index (χ4n) is 3.31. The lowest BCUT2D eigenvalue weighted by Crippen LogP contribution is -2.33.